The Labute approximate surface area is 107 Å². The molecule has 0 aliphatic carbocycles. The Kier molecular flexibility index (Phi) is 3.76. The largest absolute Gasteiger partial charge is 0.385 e. The monoisotopic (exact) mass is 249 g/mol. The van der Waals surface area contributed by atoms with Crippen molar-refractivity contribution in [3.8, 4) is 0 Å². The predicted octanol–water partition coefficient (Wildman–Crippen LogP) is 0.741. The van der Waals surface area contributed by atoms with Gasteiger partial charge in [-0.15, -0.1) is 0 Å². The van der Waals surface area contributed by atoms with Crippen LogP contribution in [0.25, 0.3) is 0 Å². The zero-order chi connectivity index (χ0) is 13.1. The van der Waals surface area contributed by atoms with Gasteiger partial charge >= 0.3 is 0 Å². The van der Waals surface area contributed by atoms with E-state index in [1.54, 1.807) is 6.33 Å². The summed E-state index contributed by atoms with van der Waals surface area (Å²) < 4.78 is 5.43. The minimum absolute atomic E-state index is 0.0674. The van der Waals surface area contributed by atoms with Crippen molar-refractivity contribution in [1.29, 1.82) is 5.41 Å². The van der Waals surface area contributed by atoms with Gasteiger partial charge in [0.2, 0.25) is 0 Å². The first-order chi connectivity index (χ1) is 8.58. The van der Waals surface area contributed by atoms with Crippen molar-refractivity contribution in [2.45, 2.75) is 25.9 Å². The van der Waals surface area contributed by atoms with Crippen molar-refractivity contribution in [3.63, 3.8) is 0 Å². The molecule has 0 spiro atoms. The molecule has 3 N–H and O–H groups in total. The fraction of sp³-hybridized carbons (Fsp3) is 0.583. The van der Waals surface area contributed by atoms with Crippen LogP contribution >= 0.6 is 0 Å². The van der Waals surface area contributed by atoms with Crippen LogP contribution in [0, 0.1) is 5.41 Å². The van der Waals surface area contributed by atoms with E-state index in [0.29, 0.717) is 19.1 Å². The molecule has 6 nitrogen and oxygen atoms in total. The number of aromatic nitrogens is 2. The SMILES string of the molecule is CC(C)c1cc(N2CCOC(C(=N)N)C2)ncn1. The van der Waals surface area contributed by atoms with Crippen LogP contribution in [0.1, 0.15) is 25.5 Å². The van der Waals surface area contributed by atoms with Crippen molar-refractivity contribution in [1.82, 2.24) is 9.97 Å². The number of nitrogens with one attached hydrogen (secondary N) is 1. The minimum Gasteiger partial charge on any atom is -0.385 e. The standard InChI is InChI=1S/C12H19N5O/c1-8(2)9-5-11(16-7-15-9)17-3-4-18-10(6-17)12(13)14/h5,7-8,10H,3-4,6H2,1-2H3,(H3,13,14). The first kappa shape index (κ1) is 12.8. The van der Waals surface area contributed by atoms with E-state index >= 15 is 0 Å². The van der Waals surface area contributed by atoms with Crippen molar-refractivity contribution in [2.75, 3.05) is 24.6 Å². The van der Waals surface area contributed by atoms with Gasteiger partial charge in [-0.2, -0.15) is 0 Å². The molecular formula is C12H19N5O. The quantitative estimate of drug-likeness (QED) is 0.609. The van der Waals surface area contributed by atoms with Gasteiger partial charge in [0.25, 0.3) is 0 Å². The molecule has 2 rings (SSSR count). The third-order valence-corrected chi connectivity index (χ3v) is 3.00. The fourth-order valence-corrected chi connectivity index (χ4v) is 1.90. The number of morpholine rings is 1. The first-order valence-electron chi connectivity index (χ1n) is 6.10. The third-order valence-electron chi connectivity index (χ3n) is 3.00. The molecule has 1 saturated heterocycles. The lowest BCUT2D eigenvalue weighted by Crippen LogP contribution is -2.48. The molecule has 0 saturated carbocycles. The number of amidine groups is 1. The first-order valence-corrected chi connectivity index (χ1v) is 6.10. The molecule has 0 bridgehead atoms. The summed E-state index contributed by atoms with van der Waals surface area (Å²) in [6.07, 6.45) is 1.25. The highest BCUT2D eigenvalue weighted by atomic mass is 16.5. The maximum Gasteiger partial charge on any atom is 0.132 e. The van der Waals surface area contributed by atoms with E-state index in [1.807, 2.05) is 6.07 Å². The van der Waals surface area contributed by atoms with E-state index in [9.17, 15) is 0 Å². The molecule has 1 atom stereocenters. The molecule has 6 heteroatoms. The third kappa shape index (κ3) is 2.76. The molecule has 1 unspecified atom stereocenters. The van der Waals surface area contributed by atoms with Gasteiger partial charge in [-0.3, -0.25) is 5.41 Å². The predicted molar refractivity (Wildman–Crippen MR) is 70.0 cm³/mol. The highest BCUT2D eigenvalue weighted by Gasteiger charge is 2.23. The second-order valence-electron chi connectivity index (χ2n) is 4.72. The number of hydrogen-bond acceptors (Lipinski definition) is 5. The van der Waals surface area contributed by atoms with Crippen LogP contribution in [0.2, 0.25) is 0 Å². The highest BCUT2D eigenvalue weighted by Crippen LogP contribution is 2.19. The summed E-state index contributed by atoms with van der Waals surface area (Å²) in [6, 6.07) is 1.99. The van der Waals surface area contributed by atoms with Crippen molar-refractivity contribution >= 4 is 11.7 Å². The van der Waals surface area contributed by atoms with Gasteiger partial charge in [0.15, 0.2) is 0 Å². The molecule has 1 aliphatic heterocycles. The smallest absolute Gasteiger partial charge is 0.132 e. The Bertz CT molecular complexity index is 434. The summed E-state index contributed by atoms with van der Waals surface area (Å²) in [5, 5.41) is 7.45. The highest BCUT2D eigenvalue weighted by molar-refractivity contribution is 5.82. The number of anilines is 1. The van der Waals surface area contributed by atoms with Crippen LogP contribution in [0.15, 0.2) is 12.4 Å². The van der Waals surface area contributed by atoms with E-state index in [4.69, 9.17) is 15.9 Å². The molecule has 0 aromatic carbocycles. The van der Waals surface area contributed by atoms with Gasteiger partial charge in [0.05, 0.1) is 13.2 Å². The van der Waals surface area contributed by atoms with Gasteiger partial charge in [-0.1, -0.05) is 13.8 Å². The van der Waals surface area contributed by atoms with Crippen LogP contribution in [0.3, 0.4) is 0 Å². The Morgan fingerprint density at radius 2 is 2.33 bits per heavy atom. The summed E-state index contributed by atoms with van der Waals surface area (Å²) in [5.41, 5.74) is 6.50. The summed E-state index contributed by atoms with van der Waals surface area (Å²) in [5.74, 6) is 1.32. The maximum atomic E-state index is 7.45. The Morgan fingerprint density at radius 3 is 3.00 bits per heavy atom. The molecular weight excluding hydrogens is 230 g/mol. The van der Waals surface area contributed by atoms with Gasteiger partial charge < -0.3 is 15.4 Å². The number of ether oxygens (including phenoxy) is 1. The molecule has 98 valence electrons. The Morgan fingerprint density at radius 1 is 1.56 bits per heavy atom. The van der Waals surface area contributed by atoms with E-state index in [1.165, 1.54) is 0 Å². The Balaban J connectivity index is 2.15. The molecule has 1 fully saturated rings. The van der Waals surface area contributed by atoms with Crippen LogP contribution < -0.4 is 10.6 Å². The number of nitrogens with zero attached hydrogens (tertiary/aromatic N) is 3. The van der Waals surface area contributed by atoms with E-state index in [-0.39, 0.29) is 11.9 Å². The van der Waals surface area contributed by atoms with Crippen LogP contribution in [0.4, 0.5) is 5.82 Å². The molecule has 2 heterocycles. The van der Waals surface area contributed by atoms with Crippen LogP contribution in [-0.4, -0.2) is 41.6 Å². The van der Waals surface area contributed by atoms with Crippen LogP contribution in [0.5, 0.6) is 0 Å². The molecule has 1 aromatic rings. The maximum absolute atomic E-state index is 7.45. The summed E-state index contributed by atoms with van der Waals surface area (Å²) in [7, 11) is 0. The summed E-state index contributed by atoms with van der Waals surface area (Å²) in [6.45, 7) is 6.10. The molecule has 1 aromatic heterocycles. The summed E-state index contributed by atoms with van der Waals surface area (Å²) in [4.78, 5) is 10.6. The summed E-state index contributed by atoms with van der Waals surface area (Å²) >= 11 is 0. The molecule has 1 aliphatic rings. The van der Waals surface area contributed by atoms with Gasteiger partial charge in [-0.05, 0) is 5.92 Å². The molecule has 0 amide bonds. The normalized spacial score (nSPS) is 20.2. The number of rotatable bonds is 3. The number of hydrogen-bond donors (Lipinski definition) is 2. The average molecular weight is 249 g/mol. The zero-order valence-corrected chi connectivity index (χ0v) is 10.8. The van der Waals surface area contributed by atoms with Crippen molar-refractivity contribution in [3.05, 3.63) is 18.1 Å². The molecule has 0 radical (unpaired) electrons. The topological polar surface area (TPSA) is 88.1 Å². The Hall–Kier alpha value is -1.69. The van der Waals surface area contributed by atoms with Crippen LogP contribution in [-0.2, 0) is 4.74 Å². The number of nitrogens with two attached hydrogens (primary N) is 1. The lowest BCUT2D eigenvalue weighted by molar-refractivity contribution is 0.0823. The van der Waals surface area contributed by atoms with E-state index in [0.717, 1.165) is 18.1 Å². The fourth-order valence-electron chi connectivity index (χ4n) is 1.90. The van der Waals surface area contributed by atoms with Crippen molar-refractivity contribution in [2.24, 2.45) is 5.73 Å². The lowest BCUT2D eigenvalue weighted by atomic mass is 10.1. The van der Waals surface area contributed by atoms with Gasteiger partial charge in [0, 0.05) is 18.3 Å². The van der Waals surface area contributed by atoms with Gasteiger partial charge in [-0.25, -0.2) is 9.97 Å². The minimum atomic E-state index is -0.337. The van der Waals surface area contributed by atoms with E-state index in [2.05, 4.69) is 28.7 Å². The zero-order valence-electron chi connectivity index (χ0n) is 10.8. The van der Waals surface area contributed by atoms with Crippen molar-refractivity contribution < 1.29 is 4.74 Å². The lowest BCUT2D eigenvalue weighted by Gasteiger charge is -2.33. The van der Waals surface area contributed by atoms with Gasteiger partial charge in [0.1, 0.15) is 24.1 Å². The average Bonchev–Trinajstić information content (AvgIpc) is 2.39. The second kappa shape index (κ2) is 5.30. The molecule has 18 heavy (non-hydrogen) atoms. The van der Waals surface area contributed by atoms with E-state index < -0.39 is 0 Å². The second-order valence-corrected chi connectivity index (χ2v) is 4.72.